The van der Waals surface area contributed by atoms with Gasteiger partial charge in [-0.1, -0.05) is 33.2 Å². The first-order valence-corrected chi connectivity index (χ1v) is 9.41. The number of aromatic nitrogens is 1. The summed E-state index contributed by atoms with van der Waals surface area (Å²) in [6, 6.07) is 12.5. The van der Waals surface area contributed by atoms with Gasteiger partial charge >= 0.3 is 5.97 Å². The molecule has 0 fully saturated rings. The number of ether oxygens (including phenoxy) is 3. The molecule has 0 aliphatic heterocycles. The molecule has 7 heteroatoms. The molecule has 0 radical (unpaired) electrons. The lowest BCUT2D eigenvalue weighted by Gasteiger charge is -2.12. The number of rotatable bonds is 7. The lowest BCUT2D eigenvalue weighted by molar-refractivity contribution is 0.0472. The van der Waals surface area contributed by atoms with Crippen molar-refractivity contribution in [2.24, 2.45) is 0 Å². The summed E-state index contributed by atoms with van der Waals surface area (Å²) in [5, 5.41) is 3.91. The Hall–Kier alpha value is -2.80. The monoisotopic (exact) mass is 445 g/mol. The fourth-order valence-electron chi connectivity index (χ4n) is 2.58. The maximum Gasteiger partial charge on any atom is 0.338 e. The molecule has 0 aliphatic carbocycles. The molecule has 0 amide bonds. The van der Waals surface area contributed by atoms with Crippen LogP contribution in [0.3, 0.4) is 0 Å². The molecule has 2 aromatic carbocycles. The van der Waals surface area contributed by atoms with E-state index in [1.54, 1.807) is 18.2 Å². The van der Waals surface area contributed by atoms with Gasteiger partial charge in [-0.25, -0.2) is 4.79 Å². The first kappa shape index (κ1) is 19.9. The van der Waals surface area contributed by atoms with E-state index in [0.29, 0.717) is 29.4 Å². The van der Waals surface area contributed by atoms with Gasteiger partial charge in [-0.05, 0) is 49.7 Å². The zero-order valence-electron chi connectivity index (χ0n) is 15.8. The number of benzene rings is 2. The van der Waals surface area contributed by atoms with Gasteiger partial charge in [-0.15, -0.1) is 0 Å². The van der Waals surface area contributed by atoms with E-state index in [1.807, 2.05) is 38.1 Å². The maximum atomic E-state index is 12.3. The van der Waals surface area contributed by atoms with Crippen molar-refractivity contribution in [1.82, 2.24) is 5.16 Å². The lowest BCUT2D eigenvalue weighted by Crippen LogP contribution is -2.06. The summed E-state index contributed by atoms with van der Waals surface area (Å²) in [5.74, 6) is 1.25. The van der Waals surface area contributed by atoms with Gasteiger partial charge in [0.15, 0.2) is 11.5 Å². The number of nitrogens with zero attached hydrogens (tertiary/aromatic N) is 1. The number of carbonyl (C=O) groups is 1. The molecule has 146 valence electrons. The fourth-order valence-corrected chi connectivity index (χ4v) is 2.85. The summed E-state index contributed by atoms with van der Waals surface area (Å²) in [7, 11) is 1.52. The predicted octanol–water partition coefficient (Wildman–Crippen LogP) is 5.00. The van der Waals surface area contributed by atoms with Crippen LogP contribution in [0.4, 0.5) is 0 Å². The largest absolute Gasteiger partial charge is 0.493 e. The van der Waals surface area contributed by atoms with E-state index in [-0.39, 0.29) is 6.61 Å². The second-order valence-corrected chi connectivity index (χ2v) is 7.08. The number of carbonyl (C=O) groups excluding carboxylic acids is 1. The van der Waals surface area contributed by atoms with Gasteiger partial charge in [0.1, 0.15) is 19.0 Å². The van der Waals surface area contributed by atoms with Crippen molar-refractivity contribution < 1.29 is 23.5 Å². The molecule has 0 unspecified atom stereocenters. The van der Waals surface area contributed by atoms with E-state index in [1.165, 1.54) is 7.11 Å². The number of halogens is 1. The Bertz CT molecular complexity index is 946. The molecule has 0 atom stereocenters. The van der Waals surface area contributed by atoms with Crippen molar-refractivity contribution in [3.05, 3.63) is 75.1 Å². The minimum absolute atomic E-state index is 0.193. The second kappa shape index (κ2) is 8.93. The SMILES string of the molecule is COc1cc(C(=O)OCc2ccc(Br)cc2)ccc1OCc1c(C)noc1C. The van der Waals surface area contributed by atoms with Crippen molar-refractivity contribution in [3.8, 4) is 11.5 Å². The Labute approximate surface area is 171 Å². The second-order valence-electron chi connectivity index (χ2n) is 6.16. The molecule has 28 heavy (non-hydrogen) atoms. The third kappa shape index (κ3) is 4.72. The van der Waals surface area contributed by atoms with Crippen LogP contribution in [0.15, 0.2) is 51.5 Å². The molecule has 0 bridgehead atoms. The molecule has 3 rings (SSSR count). The molecule has 1 heterocycles. The first-order valence-electron chi connectivity index (χ1n) is 8.62. The third-order valence-corrected chi connectivity index (χ3v) is 4.76. The normalized spacial score (nSPS) is 10.6. The number of esters is 1. The highest BCUT2D eigenvalue weighted by molar-refractivity contribution is 9.10. The molecule has 0 saturated carbocycles. The van der Waals surface area contributed by atoms with Gasteiger partial charge in [0.05, 0.1) is 23.9 Å². The topological polar surface area (TPSA) is 70.8 Å². The van der Waals surface area contributed by atoms with E-state index < -0.39 is 5.97 Å². The number of methoxy groups -OCH3 is 1. The van der Waals surface area contributed by atoms with Crippen molar-refractivity contribution >= 4 is 21.9 Å². The maximum absolute atomic E-state index is 12.3. The molecule has 0 saturated heterocycles. The zero-order valence-corrected chi connectivity index (χ0v) is 17.4. The van der Waals surface area contributed by atoms with Gasteiger partial charge in [0.2, 0.25) is 0 Å². The minimum Gasteiger partial charge on any atom is -0.493 e. The van der Waals surface area contributed by atoms with Gasteiger partial charge in [0.25, 0.3) is 0 Å². The summed E-state index contributed by atoms with van der Waals surface area (Å²) in [5.41, 5.74) is 2.96. The average Bonchev–Trinajstić information content (AvgIpc) is 3.03. The summed E-state index contributed by atoms with van der Waals surface area (Å²) in [6.45, 7) is 4.18. The summed E-state index contributed by atoms with van der Waals surface area (Å²) in [6.07, 6.45) is 0. The Balaban J connectivity index is 1.66. The highest BCUT2D eigenvalue weighted by atomic mass is 79.9. The summed E-state index contributed by atoms with van der Waals surface area (Å²) < 4.78 is 22.7. The Morgan fingerprint density at radius 1 is 1.07 bits per heavy atom. The van der Waals surface area contributed by atoms with Crippen molar-refractivity contribution in [1.29, 1.82) is 0 Å². The van der Waals surface area contributed by atoms with Crippen molar-refractivity contribution in [2.45, 2.75) is 27.1 Å². The van der Waals surface area contributed by atoms with Crippen LogP contribution in [0.1, 0.15) is 32.9 Å². The van der Waals surface area contributed by atoms with E-state index >= 15 is 0 Å². The van der Waals surface area contributed by atoms with Gasteiger partial charge < -0.3 is 18.7 Å². The van der Waals surface area contributed by atoms with Gasteiger partial charge in [0, 0.05) is 4.47 Å². The molecule has 0 spiro atoms. The van der Waals surface area contributed by atoms with Crippen LogP contribution >= 0.6 is 15.9 Å². The van der Waals surface area contributed by atoms with E-state index in [4.69, 9.17) is 18.7 Å². The van der Waals surface area contributed by atoms with Crippen LogP contribution in [-0.4, -0.2) is 18.2 Å². The van der Waals surface area contributed by atoms with Crippen molar-refractivity contribution in [3.63, 3.8) is 0 Å². The van der Waals surface area contributed by atoms with E-state index in [9.17, 15) is 4.79 Å². The lowest BCUT2D eigenvalue weighted by atomic mass is 10.2. The number of aryl methyl sites for hydroxylation is 2. The Kier molecular flexibility index (Phi) is 6.36. The highest BCUT2D eigenvalue weighted by Crippen LogP contribution is 2.30. The van der Waals surface area contributed by atoms with Crippen LogP contribution in [0.5, 0.6) is 11.5 Å². The van der Waals surface area contributed by atoms with E-state index in [0.717, 1.165) is 21.3 Å². The van der Waals surface area contributed by atoms with Crippen LogP contribution < -0.4 is 9.47 Å². The van der Waals surface area contributed by atoms with E-state index in [2.05, 4.69) is 21.1 Å². The zero-order chi connectivity index (χ0) is 20.1. The van der Waals surface area contributed by atoms with Crippen LogP contribution in [0.25, 0.3) is 0 Å². The molecular formula is C21H20BrNO5. The van der Waals surface area contributed by atoms with Crippen LogP contribution in [-0.2, 0) is 18.0 Å². The first-order chi connectivity index (χ1) is 13.5. The van der Waals surface area contributed by atoms with Crippen molar-refractivity contribution in [2.75, 3.05) is 7.11 Å². The highest BCUT2D eigenvalue weighted by Gasteiger charge is 2.15. The number of hydrogen-bond donors (Lipinski definition) is 0. The van der Waals surface area contributed by atoms with Gasteiger partial charge in [-0.2, -0.15) is 0 Å². The molecule has 1 aromatic heterocycles. The Morgan fingerprint density at radius 3 is 2.46 bits per heavy atom. The molecule has 0 N–H and O–H groups in total. The standard InChI is InChI=1S/C21H20BrNO5/c1-13-18(14(2)28-23-13)12-26-19-9-6-16(10-20(19)25-3)21(24)27-11-15-4-7-17(22)8-5-15/h4-10H,11-12H2,1-3H3. The Morgan fingerprint density at radius 2 is 1.82 bits per heavy atom. The fraction of sp³-hybridized carbons (Fsp3) is 0.238. The molecular weight excluding hydrogens is 426 g/mol. The molecule has 0 aliphatic rings. The number of hydrogen-bond acceptors (Lipinski definition) is 6. The van der Waals surface area contributed by atoms with Crippen LogP contribution in [0, 0.1) is 13.8 Å². The third-order valence-electron chi connectivity index (χ3n) is 4.24. The predicted molar refractivity (Wildman–Crippen MR) is 107 cm³/mol. The quantitative estimate of drug-likeness (QED) is 0.476. The average molecular weight is 446 g/mol. The minimum atomic E-state index is -0.432. The molecule has 6 nitrogen and oxygen atoms in total. The summed E-state index contributed by atoms with van der Waals surface area (Å²) >= 11 is 3.38. The van der Waals surface area contributed by atoms with Gasteiger partial charge in [-0.3, -0.25) is 0 Å². The summed E-state index contributed by atoms with van der Waals surface area (Å²) in [4.78, 5) is 12.3. The van der Waals surface area contributed by atoms with Crippen LogP contribution in [0.2, 0.25) is 0 Å². The smallest absolute Gasteiger partial charge is 0.338 e. The molecule has 3 aromatic rings.